The summed E-state index contributed by atoms with van der Waals surface area (Å²) in [7, 11) is 1.71. The molecule has 2 heterocycles. The van der Waals surface area contributed by atoms with E-state index in [9.17, 15) is 9.59 Å². The predicted molar refractivity (Wildman–Crippen MR) is 90.8 cm³/mol. The highest BCUT2D eigenvalue weighted by Gasteiger charge is 2.13. The van der Waals surface area contributed by atoms with E-state index in [1.165, 1.54) is 21.8 Å². The van der Waals surface area contributed by atoms with Gasteiger partial charge >= 0.3 is 0 Å². The number of carbonyl (C=O) groups is 1. The second-order valence-electron chi connectivity index (χ2n) is 5.52. The molecular formula is C16H16ClN5O2. The molecular weight excluding hydrogens is 330 g/mol. The van der Waals surface area contributed by atoms with Crippen LogP contribution in [0.1, 0.15) is 18.5 Å². The Labute approximate surface area is 142 Å². The van der Waals surface area contributed by atoms with Gasteiger partial charge in [0.15, 0.2) is 5.65 Å². The van der Waals surface area contributed by atoms with Crippen molar-refractivity contribution >= 4 is 28.5 Å². The Hall–Kier alpha value is -2.67. The lowest BCUT2D eigenvalue weighted by Gasteiger charge is -2.15. The van der Waals surface area contributed by atoms with Crippen molar-refractivity contribution in [2.24, 2.45) is 7.05 Å². The maximum atomic E-state index is 12.3. The summed E-state index contributed by atoms with van der Waals surface area (Å²) in [4.78, 5) is 28.7. The van der Waals surface area contributed by atoms with Crippen LogP contribution in [0.4, 0.5) is 0 Å². The zero-order valence-corrected chi connectivity index (χ0v) is 14.0. The molecule has 1 aromatic carbocycles. The second kappa shape index (κ2) is 6.45. The molecule has 0 radical (unpaired) electrons. The summed E-state index contributed by atoms with van der Waals surface area (Å²) >= 11 is 5.86. The lowest BCUT2D eigenvalue weighted by Crippen LogP contribution is -2.33. The van der Waals surface area contributed by atoms with Crippen LogP contribution >= 0.6 is 11.6 Å². The molecule has 8 heteroatoms. The highest BCUT2D eigenvalue weighted by atomic mass is 35.5. The fraction of sp³-hybridized carbons (Fsp3) is 0.250. The largest absolute Gasteiger partial charge is 0.348 e. The quantitative estimate of drug-likeness (QED) is 0.779. The van der Waals surface area contributed by atoms with Gasteiger partial charge in [0.1, 0.15) is 18.3 Å². The zero-order chi connectivity index (χ0) is 17.3. The van der Waals surface area contributed by atoms with Gasteiger partial charge in [-0.15, -0.1) is 0 Å². The van der Waals surface area contributed by atoms with Crippen LogP contribution in [0.3, 0.4) is 0 Å². The van der Waals surface area contributed by atoms with Gasteiger partial charge in [-0.05, 0) is 24.6 Å². The molecule has 3 rings (SSSR count). The molecule has 0 saturated heterocycles. The smallest absolute Gasteiger partial charge is 0.264 e. The minimum Gasteiger partial charge on any atom is -0.348 e. The second-order valence-corrected chi connectivity index (χ2v) is 5.96. The van der Waals surface area contributed by atoms with Crippen molar-refractivity contribution in [1.29, 1.82) is 0 Å². The number of aryl methyl sites for hydroxylation is 1. The SMILES string of the molecule is C[C@@H](NC(=O)Cn1cnc2c(cnn2C)c1=O)c1ccc(Cl)cc1. The first kappa shape index (κ1) is 16.2. The van der Waals surface area contributed by atoms with E-state index in [0.29, 0.717) is 16.1 Å². The molecule has 2 aromatic heterocycles. The van der Waals surface area contributed by atoms with Crippen molar-refractivity contribution in [2.45, 2.75) is 19.5 Å². The van der Waals surface area contributed by atoms with E-state index in [0.717, 1.165) is 5.56 Å². The molecule has 1 amide bonds. The minimum atomic E-state index is -0.289. The zero-order valence-electron chi connectivity index (χ0n) is 13.2. The van der Waals surface area contributed by atoms with E-state index in [4.69, 9.17) is 11.6 Å². The topological polar surface area (TPSA) is 81.8 Å². The molecule has 0 unspecified atom stereocenters. The van der Waals surface area contributed by atoms with Gasteiger partial charge < -0.3 is 5.32 Å². The molecule has 0 saturated carbocycles. The fourth-order valence-corrected chi connectivity index (χ4v) is 2.58. The first-order valence-corrected chi connectivity index (χ1v) is 7.75. The van der Waals surface area contributed by atoms with Crippen molar-refractivity contribution in [3.63, 3.8) is 0 Å². The van der Waals surface area contributed by atoms with Crippen LogP contribution in [-0.4, -0.2) is 25.2 Å². The number of amides is 1. The standard InChI is InChI=1S/C16H16ClN5O2/c1-10(11-3-5-12(17)6-4-11)20-14(23)8-22-9-18-15-13(16(22)24)7-19-21(15)2/h3-7,9-10H,8H2,1-2H3,(H,20,23)/t10-/m1/s1. The number of hydrogen-bond donors (Lipinski definition) is 1. The lowest BCUT2D eigenvalue weighted by atomic mass is 10.1. The van der Waals surface area contributed by atoms with Crippen LogP contribution in [0.15, 0.2) is 41.6 Å². The van der Waals surface area contributed by atoms with Crippen molar-refractivity contribution < 1.29 is 4.79 Å². The van der Waals surface area contributed by atoms with Crippen molar-refractivity contribution in [1.82, 2.24) is 24.6 Å². The minimum absolute atomic E-state index is 0.103. The number of halogens is 1. The number of carbonyl (C=O) groups excluding carboxylic acids is 1. The normalized spacial score (nSPS) is 12.3. The Kier molecular flexibility index (Phi) is 4.35. The average Bonchev–Trinajstić information content (AvgIpc) is 2.92. The Morgan fingerprint density at radius 3 is 2.75 bits per heavy atom. The summed E-state index contributed by atoms with van der Waals surface area (Å²) in [6.45, 7) is 1.76. The molecule has 0 aliphatic rings. The van der Waals surface area contributed by atoms with Crippen LogP contribution < -0.4 is 10.9 Å². The Morgan fingerprint density at radius 1 is 1.33 bits per heavy atom. The molecule has 0 fully saturated rings. The molecule has 0 aliphatic carbocycles. The van der Waals surface area contributed by atoms with Crippen LogP contribution in [0.5, 0.6) is 0 Å². The molecule has 7 nitrogen and oxygen atoms in total. The van der Waals surface area contributed by atoms with E-state index in [2.05, 4.69) is 15.4 Å². The third-order valence-corrected chi connectivity index (χ3v) is 4.03. The van der Waals surface area contributed by atoms with Crippen molar-refractivity contribution in [3.05, 3.63) is 57.7 Å². The molecule has 0 spiro atoms. The maximum absolute atomic E-state index is 12.3. The summed E-state index contributed by atoms with van der Waals surface area (Å²) in [6, 6.07) is 7.04. The average molecular weight is 346 g/mol. The predicted octanol–water partition coefficient (Wildman–Crippen LogP) is 1.66. The van der Waals surface area contributed by atoms with Gasteiger partial charge in [0, 0.05) is 12.1 Å². The van der Waals surface area contributed by atoms with Gasteiger partial charge in [0.25, 0.3) is 5.56 Å². The number of rotatable bonds is 4. The van der Waals surface area contributed by atoms with Crippen LogP contribution in [0.2, 0.25) is 5.02 Å². The Bertz CT molecular complexity index is 945. The number of nitrogens with one attached hydrogen (secondary N) is 1. The van der Waals surface area contributed by atoms with Gasteiger partial charge in [-0.3, -0.25) is 18.8 Å². The van der Waals surface area contributed by atoms with Gasteiger partial charge in [0.2, 0.25) is 5.91 Å². The third-order valence-electron chi connectivity index (χ3n) is 3.78. The van der Waals surface area contributed by atoms with Gasteiger partial charge in [-0.2, -0.15) is 5.10 Å². The molecule has 0 aliphatic heterocycles. The van der Waals surface area contributed by atoms with E-state index in [1.54, 1.807) is 19.2 Å². The Morgan fingerprint density at radius 2 is 2.04 bits per heavy atom. The van der Waals surface area contributed by atoms with Gasteiger partial charge in [-0.25, -0.2) is 4.98 Å². The molecule has 1 atom stereocenters. The van der Waals surface area contributed by atoms with Crippen molar-refractivity contribution in [3.8, 4) is 0 Å². The Balaban J connectivity index is 1.74. The molecule has 3 aromatic rings. The number of hydrogen-bond acceptors (Lipinski definition) is 4. The van der Waals surface area contributed by atoms with Gasteiger partial charge in [-0.1, -0.05) is 23.7 Å². The number of benzene rings is 1. The highest BCUT2D eigenvalue weighted by Crippen LogP contribution is 2.15. The molecule has 124 valence electrons. The van der Waals surface area contributed by atoms with Crippen LogP contribution in [-0.2, 0) is 18.4 Å². The highest BCUT2D eigenvalue weighted by molar-refractivity contribution is 6.30. The van der Waals surface area contributed by atoms with Gasteiger partial charge in [0.05, 0.1) is 12.2 Å². The van der Waals surface area contributed by atoms with E-state index in [-0.39, 0.29) is 24.1 Å². The van der Waals surface area contributed by atoms with E-state index in [1.807, 2.05) is 19.1 Å². The summed E-state index contributed by atoms with van der Waals surface area (Å²) in [5.74, 6) is -0.274. The van der Waals surface area contributed by atoms with Crippen LogP contribution in [0, 0.1) is 0 Å². The maximum Gasteiger partial charge on any atom is 0.264 e. The monoisotopic (exact) mass is 345 g/mol. The van der Waals surface area contributed by atoms with E-state index < -0.39 is 0 Å². The first-order valence-electron chi connectivity index (χ1n) is 7.37. The number of aromatic nitrogens is 4. The fourth-order valence-electron chi connectivity index (χ4n) is 2.46. The van der Waals surface area contributed by atoms with Crippen LogP contribution in [0.25, 0.3) is 11.0 Å². The summed E-state index contributed by atoms with van der Waals surface area (Å²) in [6.07, 6.45) is 2.81. The first-order chi connectivity index (χ1) is 11.5. The molecule has 0 bridgehead atoms. The molecule has 24 heavy (non-hydrogen) atoms. The van der Waals surface area contributed by atoms with Crippen molar-refractivity contribution in [2.75, 3.05) is 0 Å². The lowest BCUT2D eigenvalue weighted by molar-refractivity contribution is -0.122. The summed E-state index contributed by atoms with van der Waals surface area (Å²) in [5.41, 5.74) is 1.13. The number of nitrogens with zero attached hydrogens (tertiary/aromatic N) is 4. The number of fused-ring (bicyclic) bond motifs is 1. The summed E-state index contributed by atoms with van der Waals surface area (Å²) in [5, 5.41) is 7.88. The molecule has 1 N–H and O–H groups in total. The third kappa shape index (κ3) is 3.16. The van der Waals surface area contributed by atoms with E-state index >= 15 is 0 Å². The summed E-state index contributed by atoms with van der Waals surface area (Å²) < 4.78 is 2.79.